The fourth-order valence-corrected chi connectivity index (χ4v) is 3.88. The predicted octanol–water partition coefficient (Wildman–Crippen LogP) is 2.71. The minimum atomic E-state index is -0.187. The number of piperazine rings is 1. The maximum atomic E-state index is 14.0. The van der Waals surface area contributed by atoms with E-state index < -0.39 is 0 Å². The van der Waals surface area contributed by atoms with E-state index in [4.69, 9.17) is 0 Å². The number of carbonyl (C=O) groups excluding carboxylic acids is 1. The Bertz CT molecular complexity index is 982. The number of nitrogens with zero attached hydrogens (tertiary/aromatic N) is 1. The smallest absolute Gasteiger partial charge is 0.282 e. The first-order valence-corrected chi connectivity index (χ1v) is 9.75. The van der Waals surface area contributed by atoms with E-state index in [9.17, 15) is 9.18 Å². The summed E-state index contributed by atoms with van der Waals surface area (Å²) in [6.45, 7) is 5.06. The van der Waals surface area contributed by atoms with E-state index in [1.54, 1.807) is 6.07 Å². The van der Waals surface area contributed by atoms with E-state index in [-0.39, 0.29) is 17.8 Å². The lowest BCUT2D eigenvalue weighted by atomic mass is 10.1. The zero-order chi connectivity index (χ0) is 19.5. The van der Waals surface area contributed by atoms with E-state index in [1.165, 1.54) is 11.0 Å². The first-order chi connectivity index (χ1) is 13.6. The van der Waals surface area contributed by atoms with Crippen LogP contribution in [0.4, 0.5) is 15.8 Å². The van der Waals surface area contributed by atoms with Crippen molar-refractivity contribution in [1.82, 2.24) is 0 Å². The quantitative estimate of drug-likeness (QED) is 0.733. The molecule has 0 spiro atoms. The Hall–Kier alpha value is -2.92. The van der Waals surface area contributed by atoms with Crippen molar-refractivity contribution < 1.29 is 14.1 Å². The summed E-state index contributed by atoms with van der Waals surface area (Å²) >= 11 is 0. The molecule has 144 valence electrons. The summed E-state index contributed by atoms with van der Waals surface area (Å²) in [6.07, 6.45) is 0. The Balaban J connectivity index is 1.37. The van der Waals surface area contributed by atoms with Crippen LogP contribution in [0.3, 0.4) is 0 Å². The molecule has 1 aliphatic rings. The van der Waals surface area contributed by atoms with Gasteiger partial charge >= 0.3 is 0 Å². The molecule has 1 saturated heterocycles. The predicted molar refractivity (Wildman–Crippen MR) is 111 cm³/mol. The van der Waals surface area contributed by atoms with Crippen LogP contribution < -0.4 is 15.1 Å². The summed E-state index contributed by atoms with van der Waals surface area (Å²) in [6, 6.07) is 20.8. The van der Waals surface area contributed by atoms with Crippen LogP contribution in [0.2, 0.25) is 0 Å². The molecule has 1 amide bonds. The van der Waals surface area contributed by atoms with Crippen LogP contribution >= 0.6 is 0 Å². The number of hydrogen-bond donors (Lipinski definition) is 2. The summed E-state index contributed by atoms with van der Waals surface area (Å²) in [7, 11) is 0. The van der Waals surface area contributed by atoms with Gasteiger partial charge in [0.1, 0.15) is 5.82 Å². The number of rotatable bonds is 4. The highest BCUT2D eigenvalue weighted by molar-refractivity contribution is 5.96. The monoisotopic (exact) mass is 378 g/mol. The number of benzene rings is 3. The van der Waals surface area contributed by atoms with Crippen LogP contribution in [0.1, 0.15) is 6.92 Å². The fourth-order valence-electron chi connectivity index (χ4n) is 3.88. The van der Waals surface area contributed by atoms with Crippen LogP contribution in [-0.4, -0.2) is 38.1 Å². The van der Waals surface area contributed by atoms with Crippen molar-refractivity contribution >= 4 is 28.1 Å². The van der Waals surface area contributed by atoms with Gasteiger partial charge in [-0.05, 0) is 42.0 Å². The molecule has 0 aliphatic carbocycles. The molecular formula is C23H25FN3O+. The van der Waals surface area contributed by atoms with Crippen molar-refractivity contribution in [2.75, 3.05) is 36.4 Å². The third-order valence-electron chi connectivity index (χ3n) is 5.62. The summed E-state index contributed by atoms with van der Waals surface area (Å²) in [5.74, 6) is -0.169. The molecule has 5 heteroatoms. The molecule has 1 aliphatic heterocycles. The van der Waals surface area contributed by atoms with Crippen molar-refractivity contribution in [2.24, 2.45) is 0 Å². The molecule has 4 nitrogen and oxygen atoms in total. The lowest BCUT2D eigenvalue weighted by Crippen LogP contribution is -3.19. The van der Waals surface area contributed by atoms with Gasteiger partial charge < -0.3 is 15.1 Å². The van der Waals surface area contributed by atoms with E-state index in [2.05, 4.69) is 16.3 Å². The summed E-state index contributed by atoms with van der Waals surface area (Å²) in [5.41, 5.74) is 1.47. The average Bonchev–Trinajstić information content (AvgIpc) is 2.73. The Morgan fingerprint density at radius 2 is 1.68 bits per heavy atom. The van der Waals surface area contributed by atoms with E-state index in [1.807, 2.05) is 55.5 Å². The fraction of sp³-hybridized carbons (Fsp3) is 0.261. The standard InChI is InChI=1S/C23H24FN3O/c1-17(23(28)25-20-11-10-18-6-2-3-7-19(18)16-20)26-12-14-27(15-13-26)22-9-5-4-8-21(22)24/h2-11,16-17H,12-15H2,1H3,(H,25,28)/p+1/t17-/m1/s1. The molecule has 0 aromatic heterocycles. The topological polar surface area (TPSA) is 36.8 Å². The van der Waals surface area contributed by atoms with Crippen molar-refractivity contribution in [3.05, 3.63) is 72.5 Å². The van der Waals surface area contributed by atoms with Gasteiger partial charge in [-0.15, -0.1) is 0 Å². The van der Waals surface area contributed by atoms with Gasteiger partial charge in [-0.1, -0.05) is 42.5 Å². The van der Waals surface area contributed by atoms with Crippen molar-refractivity contribution in [3.8, 4) is 0 Å². The Kier molecular flexibility index (Phi) is 5.26. The Morgan fingerprint density at radius 1 is 1.00 bits per heavy atom. The van der Waals surface area contributed by atoms with Gasteiger partial charge in [-0.3, -0.25) is 4.79 Å². The maximum Gasteiger partial charge on any atom is 0.282 e. The zero-order valence-electron chi connectivity index (χ0n) is 16.0. The molecule has 2 N–H and O–H groups in total. The second-order valence-corrected chi connectivity index (χ2v) is 7.37. The van der Waals surface area contributed by atoms with Crippen molar-refractivity contribution in [3.63, 3.8) is 0 Å². The molecule has 0 bridgehead atoms. The zero-order valence-corrected chi connectivity index (χ0v) is 16.0. The first-order valence-electron chi connectivity index (χ1n) is 9.75. The number of amides is 1. The third kappa shape index (κ3) is 3.85. The van der Waals surface area contributed by atoms with Crippen LogP contribution in [-0.2, 0) is 4.79 Å². The lowest BCUT2D eigenvalue weighted by Gasteiger charge is -2.36. The molecule has 1 fully saturated rings. The molecule has 0 saturated carbocycles. The second-order valence-electron chi connectivity index (χ2n) is 7.37. The minimum Gasteiger partial charge on any atom is -0.358 e. The Morgan fingerprint density at radius 3 is 2.43 bits per heavy atom. The van der Waals surface area contributed by atoms with Crippen LogP contribution in [0, 0.1) is 5.82 Å². The number of fused-ring (bicyclic) bond motifs is 1. The molecule has 0 radical (unpaired) electrons. The number of hydrogen-bond acceptors (Lipinski definition) is 2. The van der Waals surface area contributed by atoms with E-state index in [0.717, 1.165) is 42.6 Å². The molecule has 3 aromatic rings. The van der Waals surface area contributed by atoms with Gasteiger partial charge in [0.15, 0.2) is 6.04 Å². The average molecular weight is 378 g/mol. The largest absolute Gasteiger partial charge is 0.358 e. The van der Waals surface area contributed by atoms with Crippen LogP contribution in [0.5, 0.6) is 0 Å². The third-order valence-corrected chi connectivity index (χ3v) is 5.62. The summed E-state index contributed by atoms with van der Waals surface area (Å²) < 4.78 is 14.0. The number of quaternary nitrogens is 1. The number of nitrogens with one attached hydrogen (secondary N) is 2. The van der Waals surface area contributed by atoms with Crippen LogP contribution in [0.15, 0.2) is 66.7 Å². The van der Waals surface area contributed by atoms with Crippen molar-refractivity contribution in [2.45, 2.75) is 13.0 Å². The highest BCUT2D eigenvalue weighted by Crippen LogP contribution is 2.19. The van der Waals surface area contributed by atoms with Crippen molar-refractivity contribution in [1.29, 1.82) is 0 Å². The van der Waals surface area contributed by atoms with E-state index in [0.29, 0.717) is 5.69 Å². The Labute approximate surface area is 164 Å². The second kappa shape index (κ2) is 7.98. The van der Waals surface area contributed by atoms with Crippen LogP contribution in [0.25, 0.3) is 10.8 Å². The molecule has 28 heavy (non-hydrogen) atoms. The molecular weight excluding hydrogens is 353 g/mol. The SMILES string of the molecule is C[C@H](C(=O)Nc1ccc2ccccc2c1)[NH+]1CCN(c2ccccc2F)CC1. The van der Waals surface area contributed by atoms with Gasteiger partial charge in [-0.25, -0.2) is 4.39 Å². The summed E-state index contributed by atoms with van der Waals surface area (Å²) in [4.78, 5) is 16.0. The van der Waals surface area contributed by atoms with E-state index >= 15 is 0 Å². The maximum absolute atomic E-state index is 14.0. The highest BCUT2D eigenvalue weighted by Gasteiger charge is 2.29. The molecule has 1 heterocycles. The molecule has 3 aromatic carbocycles. The van der Waals surface area contributed by atoms with Gasteiger partial charge in [0.25, 0.3) is 5.91 Å². The molecule has 1 atom stereocenters. The first kappa shape index (κ1) is 18.4. The van der Waals surface area contributed by atoms with Gasteiger partial charge in [0, 0.05) is 5.69 Å². The number of carbonyl (C=O) groups is 1. The van der Waals surface area contributed by atoms with Gasteiger partial charge in [-0.2, -0.15) is 0 Å². The number of para-hydroxylation sites is 1. The van der Waals surface area contributed by atoms with Gasteiger partial charge in [0.05, 0.1) is 31.9 Å². The normalized spacial score (nSPS) is 16.1. The van der Waals surface area contributed by atoms with Gasteiger partial charge in [0.2, 0.25) is 0 Å². The number of halogens is 1. The highest BCUT2D eigenvalue weighted by atomic mass is 19.1. The molecule has 0 unspecified atom stereocenters. The number of anilines is 2. The lowest BCUT2D eigenvalue weighted by molar-refractivity contribution is -0.914. The minimum absolute atomic E-state index is 0.0182. The molecule has 4 rings (SSSR count). The summed E-state index contributed by atoms with van der Waals surface area (Å²) in [5, 5.41) is 5.32.